The van der Waals surface area contributed by atoms with Crippen molar-refractivity contribution in [1.29, 1.82) is 0 Å². The van der Waals surface area contributed by atoms with Crippen molar-refractivity contribution in [3.63, 3.8) is 0 Å². The summed E-state index contributed by atoms with van der Waals surface area (Å²) in [5.41, 5.74) is 3.73. The lowest BCUT2D eigenvalue weighted by molar-refractivity contribution is 0.631. The summed E-state index contributed by atoms with van der Waals surface area (Å²) in [6.07, 6.45) is 0.915. The first-order valence-electron chi connectivity index (χ1n) is 5.68. The number of hydrogen-bond acceptors (Lipinski definition) is 1. The molecule has 1 aliphatic heterocycles. The van der Waals surface area contributed by atoms with E-state index in [4.69, 9.17) is 11.6 Å². The molecule has 0 aliphatic carbocycles. The van der Waals surface area contributed by atoms with Gasteiger partial charge in [0.05, 0.1) is 5.02 Å². The molecule has 0 saturated heterocycles. The summed E-state index contributed by atoms with van der Waals surface area (Å²) in [7, 11) is 0. The highest BCUT2D eigenvalue weighted by atomic mass is 79.9. The lowest BCUT2D eigenvalue weighted by atomic mass is 9.97. The van der Waals surface area contributed by atoms with E-state index < -0.39 is 0 Å². The highest BCUT2D eigenvalue weighted by Gasteiger charge is 2.18. The average Bonchev–Trinajstić information content (AvgIpc) is 2.84. The van der Waals surface area contributed by atoms with E-state index >= 15 is 0 Å². The highest BCUT2D eigenvalue weighted by molar-refractivity contribution is 9.10. The van der Waals surface area contributed by atoms with E-state index in [2.05, 4.69) is 21.2 Å². The van der Waals surface area contributed by atoms with E-state index in [9.17, 15) is 4.39 Å². The molecular formula is C14H10BrClFN. The summed E-state index contributed by atoms with van der Waals surface area (Å²) in [6.45, 7) is 0.901. The maximum atomic E-state index is 14.2. The third kappa shape index (κ3) is 1.82. The third-order valence-corrected chi connectivity index (χ3v) is 4.45. The van der Waals surface area contributed by atoms with E-state index in [1.54, 1.807) is 12.1 Å². The number of anilines is 1. The Morgan fingerprint density at radius 1 is 1.17 bits per heavy atom. The van der Waals surface area contributed by atoms with Crippen molar-refractivity contribution in [2.45, 2.75) is 6.42 Å². The van der Waals surface area contributed by atoms with Gasteiger partial charge in [0.15, 0.2) is 5.82 Å². The molecule has 0 atom stereocenters. The molecule has 0 amide bonds. The molecule has 1 aliphatic rings. The lowest BCUT2D eigenvalue weighted by Crippen LogP contribution is -1.91. The van der Waals surface area contributed by atoms with E-state index in [0.29, 0.717) is 10.0 Å². The number of hydrogen-bond donors (Lipinski definition) is 1. The largest absolute Gasteiger partial charge is 0.384 e. The summed E-state index contributed by atoms with van der Waals surface area (Å²) in [5, 5.41) is 3.43. The van der Waals surface area contributed by atoms with Gasteiger partial charge in [-0.15, -0.1) is 0 Å². The molecule has 18 heavy (non-hydrogen) atoms. The Hall–Kier alpha value is -1.06. The van der Waals surface area contributed by atoms with Crippen LogP contribution in [0.4, 0.5) is 10.1 Å². The molecule has 2 aromatic rings. The Morgan fingerprint density at radius 2 is 2.00 bits per heavy atom. The number of benzene rings is 2. The quantitative estimate of drug-likeness (QED) is 0.737. The average molecular weight is 327 g/mol. The van der Waals surface area contributed by atoms with Crippen molar-refractivity contribution in [3.8, 4) is 11.1 Å². The Morgan fingerprint density at radius 3 is 2.83 bits per heavy atom. The summed E-state index contributed by atoms with van der Waals surface area (Å²) in [4.78, 5) is 0. The predicted molar refractivity (Wildman–Crippen MR) is 76.7 cm³/mol. The van der Waals surface area contributed by atoms with Crippen molar-refractivity contribution in [3.05, 3.63) is 51.2 Å². The van der Waals surface area contributed by atoms with Crippen molar-refractivity contribution >= 4 is 33.2 Å². The standard InChI is InChI=1S/C14H10BrClFN/c15-11-5-4-10(14(17)13(11)16)8-2-1-3-12-9(8)6-7-18-12/h1-5,18H,6-7H2. The van der Waals surface area contributed by atoms with Gasteiger partial charge >= 0.3 is 0 Å². The van der Waals surface area contributed by atoms with Crippen LogP contribution in [0.25, 0.3) is 11.1 Å². The Balaban J connectivity index is 2.23. The van der Waals surface area contributed by atoms with Crippen LogP contribution in [0, 0.1) is 5.82 Å². The summed E-state index contributed by atoms with van der Waals surface area (Å²) < 4.78 is 14.8. The molecule has 2 aromatic carbocycles. The normalized spacial score (nSPS) is 13.3. The van der Waals surface area contributed by atoms with Crippen LogP contribution < -0.4 is 5.32 Å². The fourth-order valence-electron chi connectivity index (χ4n) is 2.33. The lowest BCUT2D eigenvalue weighted by Gasteiger charge is -2.10. The fraction of sp³-hybridized carbons (Fsp3) is 0.143. The fourth-order valence-corrected chi connectivity index (χ4v) is 2.80. The van der Waals surface area contributed by atoms with Gasteiger partial charge in [0.1, 0.15) is 0 Å². The van der Waals surface area contributed by atoms with Gasteiger partial charge in [0, 0.05) is 22.3 Å². The molecule has 0 bridgehead atoms. The Bertz CT molecular complexity index is 627. The van der Waals surface area contributed by atoms with Crippen LogP contribution in [0.15, 0.2) is 34.8 Å². The van der Waals surface area contributed by atoms with Crippen LogP contribution in [0.1, 0.15) is 5.56 Å². The monoisotopic (exact) mass is 325 g/mol. The number of rotatable bonds is 1. The molecule has 0 unspecified atom stereocenters. The van der Waals surface area contributed by atoms with Crippen LogP contribution in [0.3, 0.4) is 0 Å². The van der Waals surface area contributed by atoms with E-state index in [0.717, 1.165) is 29.8 Å². The zero-order valence-electron chi connectivity index (χ0n) is 9.43. The second kappa shape index (κ2) is 4.56. The molecule has 0 fully saturated rings. The molecule has 3 rings (SSSR count). The Kier molecular flexibility index (Phi) is 3.04. The number of halogens is 3. The van der Waals surface area contributed by atoms with Gasteiger partial charge in [0.2, 0.25) is 0 Å². The van der Waals surface area contributed by atoms with Gasteiger partial charge < -0.3 is 5.32 Å². The SMILES string of the molecule is Fc1c(-c2cccc3c2CCN3)ccc(Br)c1Cl. The first-order chi connectivity index (χ1) is 8.68. The zero-order chi connectivity index (χ0) is 12.7. The van der Waals surface area contributed by atoms with Gasteiger partial charge in [-0.25, -0.2) is 4.39 Å². The topological polar surface area (TPSA) is 12.0 Å². The molecule has 0 radical (unpaired) electrons. The van der Waals surface area contributed by atoms with E-state index in [1.165, 1.54) is 0 Å². The van der Waals surface area contributed by atoms with Gasteiger partial charge in [-0.05, 0) is 45.6 Å². The minimum absolute atomic E-state index is 0.135. The highest BCUT2D eigenvalue weighted by Crippen LogP contribution is 2.37. The van der Waals surface area contributed by atoms with Crippen LogP contribution in [-0.4, -0.2) is 6.54 Å². The molecule has 0 aromatic heterocycles. The summed E-state index contributed by atoms with van der Waals surface area (Å²) in [5.74, 6) is -0.369. The van der Waals surface area contributed by atoms with Crippen LogP contribution >= 0.6 is 27.5 Å². The minimum Gasteiger partial charge on any atom is -0.384 e. The summed E-state index contributed by atoms with van der Waals surface area (Å²) >= 11 is 9.18. The van der Waals surface area contributed by atoms with E-state index in [-0.39, 0.29) is 10.8 Å². The van der Waals surface area contributed by atoms with E-state index in [1.807, 2.05) is 18.2 Å². The first-order valence-corrected chi connectivity index (χ1v) is 6.85. The molecule has 1 heterocycles. The molecule has 1 nitrogen and oxygen atoms in total. The van der Waals surface area contributed by atoms with Gasteiger partial charge in [-0.2, -0.15) is 0 Å². The second-order valence-electron chi connectivity index (χ2n) is 4.23. The molecular weight excluding hydrogens is 317 g/mol. The smallest absolute Gasteiger partial charge is 0.150 e. The minimum atomic E-state index is -0.369. The molecule has 0 saturated carbocycles. The third-order valence-electron chi connectivity index (χ3n) is 3.19. The van der Waals surface area contributed by atoms with Gasteiger partial charge in [-0.3, -0.25) is 0 Å². The van der Waals surface area contributed by atoms with Crippen molar-refractivity contribution in [1.82, 2.24) is 0 Å². The van der Waals surface area contributed by atoms with Crippen LogP contribution in [0.5, 0.6) is 0 Å². The predicted octanol–water partition coefficient (Wildman–Crippen LogP) is 4.88. The van der Waals surface area contributed by atoms with Gasteiger partial charge in [-0.1, -0.05) is 29.8 Å². The van der Waals surface area contributed by atoms with Crippen molar-refractivity contribution in [2.75, 3.05) is 11.9 Å². The maximum absolute atomic E-state index is 14.2. The Labute approximate surface area is 118 Å². The molecule has 1 N–H and O–H groups in total. The second-order valence-corrected chi connectivity index (χ2v) is 5.46. The number of nitrogens with one attached hydrogen (secondary N) is 1. The van der Waals surface area contributed by atoms with Crippen LogP contribution in [-0.2, 0) is 6.42 Å². The molecule has 0 spiro atoms. The summed E-state index contributed by atoms with van der Waals surface area (Å²) in [6, 6.07) is 9.43. The maximum Gasteiger partial charge on any atom is 0.150 e. The zero-order valence-corrected chi connectivity index (χ0v) is 11.8. The van der Waals surface area contributed by atoms with Crippen molar-refractivity contribution < 1.29 is 4.39 Å². The number of fused-ring (bicyclic) bond motifs is 1. The van der Waals surface area contributed by atoms with Crippen LogP contribution in [0.2, 0.25) is 5.02 Å². The molecule has 4 heteroatoms. The first kappa shape index (κ1) is 12.0. The van der Waals surface area contributed by atoms with Crippen molar-refractivity contribution in [2.24, 2.45) is 0 Å². The molecule has 92 valence electrons. The van der Waals surface area contributed by atoms with Gasteiger partial charge in [0.25, 0.3) is 0 Å².